The van der Waals surface area contributed by atoms with Crippen molar-refractivity contribution < 1.29 is 0 Å². The van der Waals surface area contributed by atoms with Crippen molar-refractivity contribution in [2.24, 2.45) is 29.6 Å². The second-order valence-electron chi connectivity index (χ2n) is 6.68. The van der Waals surface area contributed by atoms with Crippen molar-refractivity contribution in [3.05, 3.63) is 0 Å². The summed E-state index contributed by atoms with van der Waals surface area (Å²) < 4.78 is 0. The minimum absolute atomic E-state index is 1.000. The fourth-order valence-electron chi connectivity index (χ4n) is 3.93. The van der Waals surface area contributed by atoms with Crippen molar-refractivity contribution in [3.63, 3.8) is 0 Å². The van der Waals surface area contributed by atoms with Crippen molar-refractivity contribution >= 4 is 0 Å². The summed E-state index contributed by atoms with van der Waals surface area (Å²) in [7, 11) is 0. The van der Waals surface area contributed by atoms with E-state index in [-0.39, 0.29) is 0 Å². The molecule has 0 radical (unpaired) electrons. The summed E-state index contributed by atoms with van der Waals surface area (Å²) in [5.41, 5.74) is 0. The lowest BCUT2D eigenvalue weighted by Gasteiger charge is -2.29. The minimum atomic E-state index is 1.000. The SMILES string of the molecule is CCCCC1CCC(C)CC(C2CC2)C1C. The molecule has 2 aliphatic rings. The smallest absolute Gasteiger partial charge is 0.0355 e. The topological polar surface area (TPSA) is 0 Å². The van der Waals surface area contributed by atoms with Gasteiger partial charge in [-0.2, -0.15) is 0 Å². The summed E-state index contributed by atoms with van der Waals surface area (Å²) in [6.07, 6.45) is 12.0. The Labute approximate surface area is 102 Å². The molecule has 0 aromatic heterocycles. The van der Waals surface area contributed by atoms with Crippen LogP contribution < -0.4 is 0 Å². The van der Waals surface area contributed by atoms with Crippen LogP contribution in [0.2, 0.25) is 0 Å². The highest BCUT2D eigenvalue weighted by Crippen LogP contribution is 2.49. The van der Waals surface area contributed by atoms with Gasteiger partial charge < -0.3 is 0 Å². The zero-order valence-corrected chi connectivity index (χ0v) is 11.5. The van der Waals surface area contributed by atoms with E-state index in [1.165, 1.54) is 38.5 Å². The fourth-order valence-corrected chi connectivity index (χ4v) is 3.93. The predicted octanol–water partition coefficient (Wildman–Crippen LogP) is 5.28. The average Bonchev–Trinajstić information content (AvgIpc) is 3.08. The van der Waals surface area contributed by atoms with E-state index < -0.39 is 0 Å². The minimum Gasteiger partial charge on any atom is -0.0654 e. The third kappa shape index (κ3) is 3.02. The lowest BCUT2D eigenvalue weighted by molar-refractivity contribution is 0.207. The van der Waals surface area contributed by atoms with Gasteiger partial charge in [-0.1, -0.05) is 46.5 Å². The van der Waals surface area contributed by atoms with Gasteiger partial charge in [0.25, 0.3) is 0 Å². The molecule has 4 atom stereocenters. The first kappa shape index (κ1) is 12.5. The van der Waals surface area contributed by atoms with Crippen LogP contribution in [0.25, 0.3) is 0 Å². The summed E-state index contributed by atoms with van der Waals surface area (Å²) in [6.45, 7) is 7.40. The number of rotatable bonds is 4. The number of hydrogen-bond acceptors (Lipinski definition) is 0. The highest BCUT2D eigenvalue weighted by Gasteiger charge is 2.39. The molecule has 94 valence electrons. The molecule has 0 aliphatic heterocycles. The summed E-state index contributed by atoms with van der Waals surface area (Å²) in [4.78, 5) is 0. The number of unbranched alkanes of at least 4 members (excludes halogenated alkanes) is 1. The highest BCUT2D eigenvalue weighted by atomic mass is 14.4. The van der Waals surface area contributed by atoms with Gasteiger partial charge in [0.15, 0.2) is 0 Å². The Bertz CT molecular complexity index is 204. The zero-order valence-electron chi connectivity index (χ0n) is 11.5. The van der Waals surface area contributed by atoms with E-state index in [9.17, 15) is 0 Å². The van der Waals surface area contributed by atoms with Crippen LogP contribution in [0.4, 0.5) is 0 Å². The fraction of sp³-hybridized carbons (Fsp3) is 1.00. The summed E-state index contributed by atoms with van der Waals surface area (Å²) in [5.74, 6) is 5.28. The highest BCUT2D eigenvalue weighted by molar-refractivity contribution is 4.89. The first-order valence-corrected chi connectivity index (χ1v) is 7.72. The third-order valence-electron chi connectivity index (χ3n) is 5.28. The Morgan fingerprint density at radius 3 is 2.38 bits per heavy atom. The van der Waals surface area contributed by atoms with E-state index in [1.807, 2.05) is 0 Å². The molecule has 2 rings (SSSR count). The van der Waals surface area contributed by atoms with Crippen LogP contribution in [0.3, 0.4) is 0 Å². The maximum Gasteiger partial charge on any atom is -0.0355 e. The summed E-state index contributed by atoms with van der Waals surface area (Å²) >= 11 is 0. The van der Waals surface area contributed by atoms with Crippen LogP contribution in [-0.4, -0.2) is 0 Å². The van der Waals surface area contributed by atoms with Gasteiger partial charge in [-0.25, -0.2) is 0 Å². The molecule has 0 heterocycles. The van der Waals surface area contributed by atoms with Crippen molar-refractivity contribution in [3.8, 4) is 0 Å². The molecule has 2 fully saturated rings. The molecule has 2 saturated carbocycles. The van der Waals surface area contributed by atoms with Gasteiger partial charge in [-0.15, -0.1) is 0 Å². The molecule has 0 aromatic carbocycles. The summed E-state index contributed by atoms with van der Waals surface area (Å²) in [6, 6.07) is 0. The van der Waals surface area contributed by atoms with E-state index in [0.29, 0.717) is 0 Å². The first-order valence-electron chi connectivity index (χ1n) is 7.72. The Kier molecular flexibility index (Phi) is 4.33. The monoisotopic (exact) mass is 222 g/mol. The van der Waals surface area contributed by atoms with Gasteiger partial charge in [0.1, 0.15) is 0 Å². The van der Waals surface area contributed by atoms with Gasteiger partial charge >= 0.3 is 0 Å². The van der Waals surface area contributed by atoms with Crippen LogP contribution in [-0.2, 0) is 0 Å². The molecule has 16 heavy (non-hydrogen) atoms. The van der Waals surface area contributed by atoms with Gasteiger partial charge in [-0.3, -0.25) is 0 Å². The molecule has 0 saturated heterocycles. The van der Waals surface area contributed by atoms with Crippen LogP contribution in [0.15, 0.2) is 0 Å². The Morgan fingerprint density at radius 2 is 1.75 bits per heavy atom. The molecule has 4 unspecified atom stereocenters. The van der Waals surface area contributed by atoms with Gasteiger partial charge in [0.05, 0.1) is 0 Å². The molecule has 0 nitrogen and oxygen atoms in total. The Hall–Kier alpha value is 0. The van der Waals surface area contributed by atoms with Crippen LogP contribution in [0, 0.1) is 29.6 Å². The lowest BCUT2D eigenvalue weighted by Crippen LogP contribution is -2.21. The second-order valence-corrected chi connectivity index (χ2v) is 6.68. The second kappa shape index (κ2) is 5.56. The first-order chi connectivity index (χ1) is 7.72. The molecule has 2 aliphatic carbocycles. The molecule has 0 N–H and O–H groups in total. The molecular weight excluding hydrogens is 192 g/mol. The van der Waals surface area contributed by atoms with Crippen molar-refractivity contribution in [2.45, 2.75) is 72.1 Å². The largest absolute Gasteiger partial charge is 0.0654 e. The standard InChI is InChI=1S/C16H30/c1-4-5-6-14-8-7-12(2)11-16(13(14)3)15-9-10-15/h12-16H,4-11H2,1-3H3. The van der Waals surface area contributed by atoms with Crippen molar-refractivity contribution in [1.29, 1.82) is 0 Å². The molecule has 0 heteroatoms. The Balaban J connectivity index is 1.95. The van der Waals surface area contributed by atoms with Crippen LogP contribution >= 0.6 is 0 Å². The van der Waals surface area contributed by atoms with E-state index in [0.717, 1.165) is 29.6 Å². The molecule has 0 spiro atoms. The van der Waals surface area contributed by atoms with E-state index in [1.54, 1.807) is 12.8 Å². The third-order valence-corrected chi connectivity index (χ3v) is 5.28. The van der Waals surface area contributed by atoms with E-state index in [4.69, 9.17) is 0 Å². The maximum atomic E-state index is 2.57. The summed E-state index contributed by atoms with van der Waals surface area (Å²) in [5, 5.41) is 0. The van der Waals surface area contributed by atoms with Gasteiger partial charge in [0, 0.05) is 0 Å². The van der Waals surface area contributed by atoms with E-state index >= 15 is 0 Å². The molecule has 0 bridgehead atoms. The predicted molar refractivity (Wildman–Crippen MR) is 71.4 cm³/mol. The zero-order chi connectivity index (χ0) is 11.5. The van der Waals surface area contributed by atoms with Crippen LogP contribution in [0.1, 0.15) is 72.1 Å². The van der Waals surface area contributed by atoms with Gasteiger partial charge in [0.2, 0.25) is 0 Å². The van der Waals surface area contributed by atoms with Crippen LogP contribution in [0.5, 0.6) is 0 Å². The number of hydrogen-bond donors (Lipinski definition) is 0. The lowest BCUT2D eigenvalue weighted by atomic mass is 9.77. The van der Waals surface area contributed by atoms with Crippen molar-refractivity contribution in [2.75, 3.05) is 0 Å². The Morgan fingerprint density at radius 1 is 1.00 bits per heavy atom. The average molecular weight is 222 g/mol. The normalized spacial score (nSPS) is 40.7. The maximum absolute atomic E-state index is 2.57. The van der Waals surface area contributed by atoms with Gasteiger partial charge in [-0.05, 0) is 55.3 Å². The molecule has 0 amide bonds. The molecular formula is C16H30. The quantitative estimate of drug-likeness (QED) is 0.568. The molecule has 0 aromatic rings. The van der Waals surface area contributed by atoms with E-state index in [2.05, 4.69) is 20.8 Å². The van der Waals surface area contributed by atoms with Crippen molar-refractivity contribution in [1.82, 2.24) is 0 Å².